The molecule has 0 amide bonds. The van der Waals surface area contributed by atoms with Crippen LogP contribution < -0.4 is 10.1 Å². The predicted molar refractivity (Wildman–Crippen MR) is 78.6 cm³/mol. The number of benzene rings is 1. The van der Waals surface area contributed by atoms with Crippen LogP contribution in [0.1, 0.15) is 12.5 Å². The van der Waals surface area contributed by atoms with Gasteiger partial charge in [0.25, 0.3) is 0 Å². The number of nitrogens with one attached hydrogen (secondary N) is 1. The topological polar surface area (TPSA) is 47.0 Å². The van der Waals surface area contributed by atoms with Crippen molar-refractivity contribution in [3.63, 3.8) is 0 Å². The Kier molecular flexibility index (Phi) is 5.28. The molecule has 2 aromatic rings. The van der Waals surface area contributed by atoms with Crippen molar-refractivity contribution in [2.24, 2.45) is 0 Å². The first-order chi connectivity index (χ1) is 9.60. The molecule has 1 aromatic carbocycles. The van der Waals surface area contributed by atoms with Crippen LogP contribution in [0.3, 0.4) is 0 Å². The fourth-order valence-electron chi connectivity index (χ4n) is 1.44. The molecule has 7 heteroatoms. The maximum Gasteiger partial charge on any atom is 0.321 e. The van der Waals surface area contributed by atoms with Gasteiger partial charge < -0.3 is 10.1 Å². The van der Waals surface area contributed by atoms with Gasteiger partial charge in [0.15, 0.2) is 0 Å². The Morgan fingerprint density at radius 2 is 2.05 bits per heavy atom. The van der Waals surface area contributed by atoms with E-state index in [-0.39, 0.29) is 16.8 Å². The van der Waals surface area contributed by atoms with Gasteiger partial charge in [0.1, 0.15) is 11.6 Å². The van der Waals surface area contributed by atoms with Gasteiger partial charge in [0.05, 0.1) is 9.50 Å². The number of aromatic nitrogens is 2. The Bertz CT molecular complexity index is 595. The van der Waals surface area contributed by atoms with Gasteiger partial charge in [0.2, 0.25) is 0 Å². The highest BCUT2D eigenvalue weighted by Crippen LogP contribution is 2.32. The van der Waals surface area contributed by atoms with Crippen molar-refractivity contribution in [3.05, 3.63) is 45.4 Å². The highest BCUT2D eigenvalue weighted by Gasteiger charge is 2.10. The summed E-state index contributed by atoms with van der Waals surface area (Å²) in [5.41, 5.74) is 0.945. The number of nitrogens with zero attached hydrogens (tertiary/aromatic N) is 2. The van der Waals surface area contributed by atoms with Crippen LogP contribution in [0.4, 0.5) is 4.39 Å². The highest BCUT2D eigenvalue weighted by atomic mass is 79.9. The SMILES string of the molecule is CCNCc1cnc(Oc2cc(F)c(Cl)cc2Br)nc1. The molecule has 0 bridgehead atoms. The van der Waals surface area contributed by atoms with Crippen LogP contribution in [0.5, 0.6) is 11.8 Å². The van der Waals surface area contributed by atoms with E-state index >= 15 is 0 Å². The molecular weight excluding hydrogens is 349 g/mol. The molecule has 0 aliphatic heterocycles. The molecule has 2 rings (SSSR count). The van der Waals surface area contributed by atoms with Gasteiger partial charge in [-0.15, -0.1) is 0 Å². The maximum absolute atomic E-state index is 13.4. The van der Waals surface area contributed by atoms with E-state index in [1.807, 2.05) is 6.92 Å². The molecule has 0 fully saturated rings. The molecule has 4 nitrogen and oxygen atoms in total. The second-order valence-electron chi connectivity index (χ2n) is 3.95. The summed E-state index contributed by atoms with van der Waals surface area (Å²) in [6, 6.07) is 2.75. The van der Waals surface area contributed by atoms with Gasteiger partial charge in [-0.1, -0.05) is 18.5 Å². The molecule has 0 atom stereocenters. The Balaban J connectivity index is 2.12. The third kappa shape index (κ3) is 3.88. The summed E-state index contributed by atoms with van der Waals surface area (Å²) in [5.74, 6) is -0.292. The summed E-state index contributed by atoms with van der Waals surface area (Å²) in [7, 11) is 0. The van der Waals surface area contributed by atoms with Crippen LogP contribution in [0.25, 0.3) is 0 Å². The minimum absolute atomic E-state index is 0.0196. The van der Waals surface area contributed by atoms with Gasteiger partial charge in [0, 0.05) is 30.6 Å². The number of rotatable bonds is 5. The van der Waals surface area contributed by atoms with Gasteiger partial charge in [-0.05, 0) is 28.5 Å². The molecule has 106 valence electrons. The lowest BCUT2D eigenvalue weighted by Crippen LogP contribution is -2.12. The fraction of sp³-hybridized carbons (Fsp3) is 0.231. The third-order valence-corrected chi connectivity index (χ3v) is 3.35. The molecule has 0 saturated carbocycles. The second-order valence-corrected chi connectivity index (χ2v) is 5.21. The van der Waals surface area contributed by atoms with Crippen molar-refractivity contribution >= 4 is 27.5 Å². The first kappa shape index (κ1) is 15.2. The van der Waals surface area contributed by atoms with Crippen molar-refractivity contribution in [2.45, 2.75) is 13.5 Å². The largest absolute Gasteiger partial charge is 0.423 e. The van der Waals surface area contributed by atoms with Gasteiger partial charge in [-0.3, -0.25) is 0 Å². The molecule has 0 aliphatic carbocycles. The first-order valence-corrected chi connectivity index (χ1v) is 7.11. The third-order valence-electron chi connectivity index (χ3n) is 2.44. The van der Waals surface area contributed by atoms with Crippen LogP contribution in [-0.2, 0) is 6.54 Å². The summed E-state index contributed by atoms with van der Waals surface area (Å²) in [5, 5.41) is 3.18. The number of hydrogen-bond acceptors (Lipinski definition) is 4. The lowest BCUT2D eigenvalue weighted by molar-refractivity contribution is 0.434. The molecule has 0 spiro atoms. The van der Waals surface area contributed by atoms with E-state index in [4.69, 9.17) is 16.3 Å². The Morgan fingerprint density at radius 1 is 1.35 bits per heavy atom. The minimum Gasteiger partial charge on any atom is -0.423 e. The Morgan fingerprint density at radius 3 is 2.70 bits per heavy atom. The van der Waals surface area contributed by atoms with E-state index in [0.29, 0.717) is 11.0 Å². The van der Waals surface area contributed by atoms with Crippen molar-refractivity contribution in [2.75, 3.05) is 6.54 Å². The van der Waals surface area contributed by atoms with Crippen LogP contribution in [-0.4, -0.2) is 16.5 Å². The lowest BCUT2D eigenvalue weighted by Gasteiger charge is -2.07. The van der Waals surface area contributed by atoms with E-state index in [1.54, 1.807) is 12.4 Å². The van der Waals surface area contributed by atoms with Crippen LogP contribution in [0.2, 0.25) is 5.02 Å². The van der Waals surface area contributed by atoms with Crippen molar-refractivity contribution in [3.8, 4) is 11.8 Å². The van der Waals surface area contributed by atoms with E-state index < -0.39 is 5.82 Å². The summed E-state index contributed by atoms with van der Waals surface area (Å²) in [4.78, 5) is 8.14. The molecule has 1 aromatic heterocycles. The second kappa shape index (κ2) is 6.97. The first-order valence-electron chi connectivity index (χ1n) is 5.94. The number of ether oxygens (including phenoxy) is 1. The highest BCUT2D eigenvalue weighted by molar-refractivity contribution is 9.10. The minimum atomic E-state index is -0.561. The van der Waals surface area contributed by atoms with E-state index in [0.717, 1.165) is 12.1 Å². The zero-order chi connectivity index (χ0) is 14.5. The molecule has 0 radical (unpaired) electrons. The molecular formula is C13H12BrClFN3O. The molecule has 1 heterocycles. The molecule has 0 saturated heterocycles. The summed E-state index contributed by atoms with van der Waals surface area (Å²) in [6.07, 6.45) is 3.32. The zero-order valence-corrected chi connectivity index (χ0v) is 13.0. The van der Waals surface area contributed by atoms with Crippen molar-refractivity contribution < 1.29 is 9.13 Å². The van der Waals surface area contributed by atoms with Gasteiger partial charge in [-0.25, -0.2) is 14.4 Å². The number of hydrogen-bond donors (Lipinski definition) is 1. The van der Waals surface area contributed by atoms with E-state index in [2.05, 4.69) is 31.2 Å². The normalized spacial score (nSPS) is 10.6. The standard InChI is InChI=1S/C13H12BrClFN3O/c1-2-17-5-8-6-18-13(19-7-8)20-12-4-11(16)10(15)3-9(12)14/h3-4,6-7,17H,2,5H2,1H3. The Labute approximate surface area is 129 Å². The summed E-state index contributed by atoms with van der Waals surface area (Å²) >= 11 is 8.91. The molecule has 1 N–H and O–H groups in total. The van der Waals surface area contributed by atoms with Crippen LogP contribution in [0.15, 0.2) is 29.0 Å². The van der Waals surface area contributed by atoms with Crippen molar-refractivity contribution in [1.82, 2.24) is 15.3 Å². The zero-order valence-electron chi connectivity index (χ0n) is 10.7. The maximum atomic E-state index is 13.4. The summed E-state index contributed by atoms with van der Waals surface area (Å²) in [6.45, 7) is 3.58. The van der Waals surface area contributed by atoms with Crippen molar-refractivity contribution in [1.29, 1.82) is 0 Å². The van der Waals surface area contributed by atoms with Crippen LogP contribution >= 0.6 is 27.5 Å². The number of halogens is 3. The average molecular weight is 361 g/mol. The van der Waals surface area contributed by atoms with Gasteiger partial charge >= 0.3 is 6.01 Å². The smallest absolute Gasteiger partial charge is 0.321 e. The molecule has 20 heavy (non-hydrogen) atoms. The van der Waals surface area contributed by atoms with Gasteiger partial charge in [-0.2, -0.15) is 0 Å². The summed E-state index contributed by atoms with van der Waals surface area (Å²) < 4.78 is 19.3. The molecule has 0 unspecified atom stereocenters. The monoisotopic (exact) mass is 359 g/mol. The quantitative estimate of drug-likeness (QED) is 0.821. The van der Waals surface area contributed by atoms with E-state index in [9.17, 15) is 4.39 Å². The molecule has 0 aliphatic rings. The van der Waals surface area contributed by atoms with E-state index in [1.165, 1.54) is 12.1 Å². The predicted octanol–water partition coefficient (Wildman–Crippen LogP) is 3.93. The lowest BCUT2D eigenvalue weighted by atomic mass is 10.3. The fourth-order valence-corrected chi connectivity index (χ4v) is 2.16. The van der Waals surface area contributed by atoms with Crippen LogP contribution in [0, 0.1) is 5.82 Å². The Hall–Kier alpha value is -1.24. The average Bonchev–Trinajstić information content (AvgIpc) is 2.44.